The third-order valence-corrected chi connectivity index (χ3v) is 3.88. The third-order valence-electron chi connectivity index (χ3n) is 3.88. The minimum Gasteiger partial charge on any atom is -0.490 e. The van der Waals surface area contributed by atoms with Gasteiger partial charge in [0.15, 0.2) is 5.75 Å². The van der Waals surface area contributed by atoms with Gasteiger partial charge in [-0.3, -0.25) is 10.1 Å². The first-order valence-corrected chi connectivity index (χ1v) is 7.71. The van der Waals surface area contributed by atoms with Crippen molar-refractivity contribution in [3.05, 3.63) is 70.5 Å². The molecule has 0 saturated heterocycles. The molecule has 0 spiro atoms. The summed E-state index contributed by atoms with van der Waals surface area (Å²) in [4.78, 5) is 15.0. The Hall–Kier alpha value is -3.35. The first-order chi connectivity index (χ1) is 12.1. The van der Waals surface area contributed by atoms with E-state index in [1.165, 1.54) is 13.2 Å². The van der Waals surface area contributed by atoms with Crippen molar-refractivity contribution >= 4 is 11.4 Å². The van der Waals surface area contributed by atoms with Crippen molar-refractivity contribution < 1.29 is 9.66 Å². The molecule has 7 heteroatoms. The lowest BCUT2D eigenvalue weighted by Crippen LogP contribution is -2.02. The van der Waals surface area contributed by atoms with Crippen molar-refractivity contribution in [3.8, 4) is 17.1 Å². The molecule has 0 atom stereocenters. The Morgan fingerprint density at radius 2 is 2.12 bits per heavy atom. The lowest BCUT2D eigenvalue weighted by molar-refractivity contribution is -0.385. The molecule has 0 aliphatic heterocycles. The Bertz CT molecular complexity index is 905. The van der Waals surface area contributed by atoms with E-state index in [9.17, 15) is 10.1 Å². The van der Waals surface area contributed by atoms with Gasteiger partial charge in [-0.1, -0.05) is 18.2 Å². The minimum absolute atomic E-state index is 0.0384. The van der Waals surface area contributed by atoms with Crippen LogP contribution in [0.25, 0.3) is 11.4 Å². The molecule has 0 aliphatic rings. The van der Waals surface area contributed by atoms with E-state index >= 15 is 0 Å². The van der Waals surface area contributed by atoms with E-state index in [2.05, 4.69) is 10.3 Å². The number of nitrogens with zero attached hydrogens (tertiary/aromatic N) is 3. The Balaban J connectivity index is 1.77. The predicted molar refractivity (Wildman–Crippen MR) is 95.6 cm³/mol. The van der Waals surface area contributed by atoms with E-state index < -0.39 is 4.92 Å². The summed E-state index contributed by atoms with van der Waals surface area (Å²) < 4.78 is 6.97. The maximum Gasteiger partial charge on any atom is 0.311 e. The molecule has 128 valence electrons. The van der Waals surface area contributed by atoms with Crippen molar-refractivity contribution in [2.45, 2.75) is 6.54 Å². The fraction of sp³-hybridized carbons (Fsp3) is 0.167. The molecular weight excluding hydrogens is 320 g/mol. The fourth-order valence-electron chi connectivity index (χ4n) is 2.60. The van der Waals surface area contributed by atoms with Gasteiger partial charge in [0.25, 0.3) is 0 Å². The Morgan fingerprint density at radius 1 is 1.28 bits per heavy atom. The van der Waals surface area contributed by atoms with Gasteiger partial charge in [-0.2, -0.15) is 0 Å². The van der Waals surface area contributed by atoms with Crippen LogP contribution in [0, 0.1) is 10.1 Å². The largest absolute Gasteiger partial charge is 0.490 e. The zero-order chi connectivity index (χ0) is 17.8. The summed E-state index contributed by atoms with van der Waals surface area (Å²) in [6.07, 6.45) is 3.65. The van der Waals surface area contributed by atoms with Crippen LogP contribution in [0.15, 0.2) is 54.9 Å². The molecule has 0 radical (unpaired) electrons. The molecule has 0 unspecified atom stereocenters. The molecule has 1 heterocycles. The number of rotatable bonds is 6. The predicted octanol–water partition coefficient (Wildman–Crippen LogP) is 3.62. The standard InChI is InChI=1S/C18H18N4O3/c1-21-9-8-19-18(21)14-4-3-5-15(11-14)20-12-13-6-7-17(25-2)16(10-13)22(23)24/h3-11,20H,12H2,1-2H3. The minimum atomic E-state index is -0.440. The summed E-state index contributed by atoms with van der Waals surface area (Å²) in [6, 6.07) is 12.8. The van der Waals surface area contributed by atoms with Crippen molar-refractivity contribution in [2.75, 3.05) is 12.4 Å². The lowest BCUT2D eigenvalue weighted by atomic mass is 10.1. The highest BCUT2D eigenvalue weighted by Gasteiger charge is 2.15. The molecule has 25 heavy (non-hydrogen) atoms. The molecule has 1 N–H and O–H groups in total. The van der Waals surface area contributed by atoms with Gasteiger partial charge in [0.1, 0.15) is 5.82 Å². The van der Waals surface area contributed by atoms with Gasteiger partial charge >= 0.3 is 5.69 Å². The molecule has 3 aromatic rings. The van der Waals surface area contributed by atoms with E-state index in [4.69, 9.17) is 4.74 Å². The quantitative estimate of drug-likeness (QED) is 0.548. The normalized spacial score (nSPS) is 10.5. The summed E-state index contributed by atoms with van der Waals surface area (Å²) in [6.45, 7) is 0.467. The Kier molecular flexibility index (Phi) is 4.65. The number of hydrogen-bond donors (Lipinski definition) is 1. The van der Waals surface area contributed by atoms with Crippen LogP contribution < -0.4 is 10.1 Å². The number of nitro benzene ring substituents is 1. The smallest absolute Gasteiger partial charge is 0.311 e. The van der Waals surface area contributed by atoms with Crippen LogP contribution in [0.1, 0.15) is 5.56 Å². The number of ether oxygens (including phenoxy) is 1. The molecule has 3 rings (SSSR count). The van der Waals surface area contributed by atoms with E-state index in [0.29, 0.717) is 6.54 Å². The molecule has 7 nitrogen and oxygen atoms in total. The van der Waals surface area contributed by atoms with Gasteiger partial charge < -0.3 is 14.6 Å². The van der Waals surface area contributed by atoms with Crippen LogP contribution >= 0.6 is 0 Å². The summed E-state index contributed by atoms with van der Waals surface area (Å²) in [7, 11) is 3.36. The van der Waals surface area contributed by atoms with Crippen molar-refractivity contribution in [1.29, 1.82) is 0 Å². The second kappa shape index (κ2) is 7.04. The first-order valence-electron chi connectivity index (χ1n) is 7.71. The Morgan fingerprint density at radius 3 is 2.80 bits per heavy atom. The highest BCUT2D eigenvalue weighted by molar-refractivity contribution is 5.63. The third kappa shape index (κ3) is 3.60. The van der Waals surface area contributed by atoms with Crippen molar-refractivity contribution in [1.82, 2.24) is 9.55 Å². The topological polar surface area (TPSA) is 82.2 Å². The average molecular weight is 338 g/mol. The summed E-state index contributed by atoms with van der Waals surface area (Å²) in [5.41, 5.74) is 2.68. The second-order valence-corrected chi connectivity index (χ2v) is 5.56. The number of aromatic nitrogens is 2. The van der Waals surface area contributed by atoms with Crippen LogP contribution in [0.5, 0.6) is 5.75 Å². The maximum absolute atomic E-state index is 11.1. The highest BCUT2D eigenvalue weighted by atomic mass is 16.6. The van der Waals surface area contributed by atoms with Gasteiger partial charge in [0.2, 0.25) is 0 Å². The SMILES string of the molecule is COc1ccc(CNc2cccc(-c3nccn3C)c2)cc1[N+](=O)[O-]. The summed E-state index contributed by atoms with van der Waals surface area (Å²) >= 11 is 0. The molecule has 1 aromatic heterocycles. The monoisotopic (exact) mass is 338 g/mol. The zero-order valence-electron chi connectivity index (χ0n) is 14.0. The summed E-state index contributed by atoms with van der Waals surface area (Å²) in [5, 5.41) is 14.4. The molecule has 0 fully saturated rings. The van der Waals surface area contributed by atoms with Gasteiger partial charge in [-0.05, 0) is 23.8 Å². The first kappa shape index (κ1) is 16.5. The van der Waals surface area contributed by atoms with Crippen molar-refractivity contribution in [2.24, 2.45) is 7.05 Å². The van der Waals surface area contributed by atoms with Crippen LogP contribution in [0.2, 0.25) is 0 Å². The van der Waals surface area contributed by atoms with E-state index in [1.54, 1.807) is 18.3 Å². The second-order valence-electron chi connectivity index (χ2n) is 5.56. The van der Waals surface area contributed by atoms with E-state index in [-0.39, 0.29) is 11.4 Å². The number of aryl methyl sites for hydroxylation is 1. The van der Waals surface area contributed by atoms with Crippen molar-refractivity contribution in [3.63, 3.8) is 0 Å². The number of imidazole rings is 1. The van der Waals surface area contributed by atoms with E-state index in [0.717, 1.165) is 22.6 Å². The number of nitrogens with one attached hydrogen (secondary N) is 1. The Labute approximate surface area is 145 Å². The van der Waals surface area contributed by atoms with E-state index in [1.807, 2.05) is 42.1 Å². The summed E-state index contributed by atoms with van der Waals surface area (Å²) in [5.74, 6) is 1.13. The number of anilines is 1. The van der Waals surface area contributed by atoms with Gasteiger partial charge in [-0.25, -0.2) is 4.98 Å². The molecule has 0 bridgehead atoms. The number of methoxy groups -OCH3 is 1. The average Bonchev–Trinajstić information content (AvgIpc) is 3.06. The van der Waals surface area contributed by atoms with Gasteiger partial charge in [-0.15, -0.1) is 0 Å². The lowest BCUT2D eigenvalue weighted by Gasteiger charge is -2.10. The molecule has 0 amide bonds. The van der Waals surface area contributed by atoms with Gasteiger partial charge in [0, 0.05) is 43.3 Å². The molecule has 0 saturated carbocycles. The fourth-order valence-corrected chi connectivity index (χ4v) is 2.60. The zero-order valence-corrected chi connectivity index (χ0v) is 14.0. The highest BCUT2D eigenvalue weighted by Crippen LogP contribution is 2.28. The van der Waals surface area contributed by atoms with Crippen LogP contribution in [-0.4, -0.2) is 21.6 Å². The maximum atomic E-state index is 11.1. The molecule has 2 aromatic carbocycles. The molecule has 0 aliphatic carbocycles. The number of benzene rings is 2. The molecular formula is C18H18N4O3. The van der Waals surface area contributed by atoms with Crippen LogP contribution in [0.3, 0.4) is 0 Å². The number of hydrogen-bond acceptors (Lipinski definition) is 5. The van der Waals surface area contributed by atoms with Crippen LogP contribution in [-0.2, 0) is 13.6 Å². The van der Waals surface area contributed by atoms with Crippen LogP contribution in [0.4, 0.5) is 11.4 Å². The number of nitro groups is 1. The van der Waals surface area contributed by atoms with Gasteiger partial charge in [0.05, 0.1) is 12.0 Å².